The molecule has 0 saturated heterocycles. The topological polar surface area (TPSA) is 123 Å². The van der Waals surface area contributed by atoms with E-state index in [-0.39, 0.29) is 28.8 Å². The van der Waals surface area contributed by atoms with Crippen LogP contribution in [0.2, 0.25) is 0 Å². The molecule has 0 radical (unpaired) electrons. The average Bonchev–Trinajstić information content (AvgIpc) is 3.07. The number of hydrogen-bond acceptors (Lipinski definition) is 6. The number of para-hydroxylation sites is 1. The average molecular weight is 467 g/mol. The molecular weight excluding hydrogens is 446 g/mol. The van der Waals surface area contributed by atoms with Crippen molar-refractivity contribution < 1.29 is 31.9 Å². The minimum absolute atomic E-state index is 0.115. The van der Waals surface area contributed by atoms with Crippen molar-refractivity contribution in [3.05, 3.63) is 76.4 Å². The molecule has 1 aliphatic heterocycles. The number of hydrogen-bond donors (Lipinski definition) is 4. The third kappa shape index (κ3) is 5.34. The number of carbonyl (C=O) groups is 2. The monoisotopic (exact) mass is 467 g/mol. The van der Waals surface area contributed by atoms with Crippen LogP contribution in [0.5, 0.6) is 5.75 Å². The van der Waals surface area contributed by atoms with Crippen LogP contribution in [0.4, 0.5) is 17.6 Å². The van der Waals surface area contributed by atoms with Crippen LogP contribution in [0.15, 0.2) is 53.9 Å². The Kier molecular flexibility index (Phi) is 6.77. The summed E-state index contributed by atoms with van der Waals surface area (Å²) in [5.41, 5.74) is 13.6. The van der Waals surface area contributed by atoms with Crippen molar-refractivity contribution in [2.75, 3.05) is 13.7 Å². The summed E-state index contributed by atoms with van der Waals surface area (Å²) in [6.45, 7) is -1.64. The summed E-state index contributed by atoms with van der Waals surface area (Å²) in [5.74, 6) is -2.40. The highest BCUT2D eigenvalue weighted by molar-refractivity contribution is 5.97. The lowest BCUT2D eigenvalue weighted by Crippen LogP contribution is -2.42. The Morgan fingerprint density at radius 3 is 2.52 bits per heavy atom. The maximum atomic E-state index is 14.7. The molecule has 1 atom stereocenters. The quantitative estimate of drug-likeness (QED) is 0.461. The molecule has 6 N–H and O–H groups in total. The fourth-order valence-corrected chi connectivity index (χ4v) is 3.39. The number of rotatable bonds is 7. The number of carbonyl (C=O) groups excluding carboxylic acids is 2. The molecular formula is C21H21F4N5O3. The largest absolute Gasteiger partial charge is 0.496 e. The van der Waals surface area contributed by atoms with Crippen LogP contribution in [0.3, 0.4) is 0 Å². The molecule has 12 heteroatoms. The normalized spacial score (nSPS) is 16.2. The van der Waals surface area contributed by atoms with E-state index in [0.717, 1.165) is 6.07 Å². The van der Waals surface area contributed by atoms with E-state index >= 15 is 0 Å². The Hall–Kier alpha value is -3.80. The van der Waals surface area contributed by atoms with E-state index in [2.05, 4.69) is 10.7 Å². The fraction of sp³-hybridized carbons (Fsp3) is 0.238. The van der Waals surface area contributed by atoms with Gasteiger partial charge in [0.25, 0.3) is 5.91 Å². The highest BCUT2D eigenvalue weighted by atomic mass is 19.4. The number of ether oxygens (including phenoxy) is 1. The van der Waals surface area contributed by atoms with Crippen LogP contribution in [-0.4, -0.2) is 36.7 Å². The van der Waals surface area contributed by atoms with Gasteiger partial charge >= 0.3 is 6.18 Å². The molecule has 1 unspecified atom stereocenters. The lowest BCUT2D eigenvalue weighted by molar-refractivity contribution is -0.147. The zero-order chi connectivity index (χ0) is 24.3. The summed E-state index contributed by atoms with van der Waals surface area (Å²) in [5, 5.41) is 3.12. The van der Waals surface area contributed by atoms with Crippen molar-refractivity contribution in [1.82, 2.24) is 15.8 Å². The Morgan fingerprint density at radius 1 is 1.21 bits per heavy atom. The Morgan fingerprint density at radius 2 is 1.91 bits per heavy atom. The van der Waals surface area contributed by atoms with E-state index < -0.39 is 42.2 Å². The van der Waals surface area contributed by atoms with Crippen molar-refractivity contribution in [3.63, 3.8) is 0 Å². The van der Waals surface area contributed by atoms with Gasteiger partial charge < -0.3 is 21.5 Å². The highest BCUT2D eigenvalue weighted by Gasteiger charge is 2.40. The molecule has 0 fully saturated rings. The Balaban J connectivity index is 1.77. The van der Waals surface area contributed by atoms with Gasteiger partial charge in [-0.25, -0.2) is 9.82 Å². The van der Waals surface area contributed by atoms with Crippen LogP contribution >= 0.6 is 0 Å². The predicted octanol–water partition coefficient (Wildman–Crippen LogP) is 1.84. The molecule has 3 rings (SSSR count). The van der Waals surface area contributed by atoms with Crippen molar-refractivity contribution in [1.29, 1.82) is 0 Å². The second kappa shape index (κ2) is 9.36. The first-order valence-electron chi connectivity index (χ1n) is 9.61. The summed E-state index contributed by atoms with van der Waals surface area (Å²) < 4.78 is 58.3. The summed E-state index contributed by atoms with van der Waals surface area (Å²) in [6, 6.07) is 9.12. The molecule has 2 aromatic carbocycles. The van der Waals surface area contributed by atoms with Crippen molar-refractivity contribution in [3.8, 4) is 5.75 Å². The van der Waals surface area contributed by atoms with E-state index in [1.54, 1.807) is 24.3 Å². The molecule has 0 aliphatic carbocycles. The standard InChI is InChI=1S/C21H21F4N5O3/c1-33-15-5-3-2-4-13(15)20(32)28-9-12-7-6-11(8-14(12)22)17-16(19(27)31)18(26)30(29-17)10-21(23,24)25/h2-8,17,29H,9-10,26H2,1H3,(H2,27,31)(H,28,32). The fourth-order valence-electron chi connectivity index (χ4n) is 3.39. The lowest BCUT2D eigenvalue weighted by atomic mass is 9.98. The zero-order valence-corrected chi connectivity index (χ0v) is 17.4. The van der Waals surface area contributed by atoms with E-state index in [4.69, 9.17) is 16.2 Å². The van der Waals surface area contributed by atoms with E-state index in [1.165, 1.54) is 19.2 Å². The van der Waals surface area contributed by atoms with Crippen molar-refractivity contribution >= 4 is 11.8 Å². The molecule has 0 saturated carbocycles. The van der Waals surface area contributed by atoms with Gasteiger partial charge in [-0.15, -0.1) is 0 Å². The van der Waals surface area contributed by atoms with E-state index in [1.807, 2.05) is 0 Å². The van der Waals surface area contributed by atoms with Crippen LogP contribution in [0.25, 0.3) is 0 Å². The number of nitrogens with one attached hydrogen (secondary N) is 2. The molecule has 0 aromatic heterocycles. The first-order chi connectivity index (χ1) is 15.5. The summed E-state index contributed by atoms with van der Waals surface area (Å²) in [6.07, 6.45) is -4.61. The van der Waals surface area contributed by atoms with Gasteiger partial charge in [-0.3, -0.25) is 14.6 Å². The van der Waals surface area contributed by atoms with Gasteiger partial charge in [0.15, 0.2) is 0 Å². The summed E-state index contributed by atoms with van der Waals surface area (Å²) >= 11 is 0. The molecule has 33 heavy (non-hydrogen) atoms. The van der Waals surface area contributed by atoms with Crippen LogP contribution in [0.1, 0.15) is 27.5 Å². The van der Waals surface area contributed by atoms with Crippen molar-refractivity contribution in [2.45, 2.75) is 18.8 Å². The first kappa shape index (κ1) is 23.9. The number of nitrogens with zero attached hydrogens (tertiary/aromatic N) is 1. The number of benzene rings is 2. The number of alkyl halides is 3. The molecule has 2 aromatic rings. The maximum Gasteiger partial charge on any atom is 0.407 e. The number of methoxy groups -OCH3 is 1. The van der Waals surface area contributed by atoms with Crippen LogP contribution in [-0.2, 0) is 11.3 Å². The number of primary amides is 1. The number of amides is 2. The molecule has 2 amide bonds. The van der Waals surface area contributed by atoms with E-state index in [9.17, 15) is 27.2 Å². The molecule has 0 spiro atoms. The number of halogens is 4. The molecule has 1 aliphatic rings. The van der Waals surface area contributed by atoms with Gasteiger partial charge in [0.1, 0.15) is 23.9 Å². The van der Waals surface area contributed by atoms with Crippen molar-refractivity contribution in [2.24, 2.45) is 11.5 Å². The molecule has 176 valence electrons. The lowest BCUT2D eigenvalue weighted by Gasteiger charge is -2.23. The maximum absolute atomic E-state index is 14.7. The van der Waals surface area contributed by atoms with Gasteiger partial charge in [-0.2, -0.15) is 13.2 Å². The van der Waals surface area contributed by atoms with Gasteiger partial charge in [0, 0.05) is 12.1 Å². The molecule has 8 nitrogen and oxygen atoms in total. The minimum atomic E-state index is -4.61. The van der Waals surface area contributed by atoms with Crippen LogP contribution < -0.4 is 26.9 Å². The van der Waals surface area contributed by atoms with Gasteiger partial charge in [-0.1, -0.05) is 24.3 Å². The summed E-state index contributed by atoms with van der Waals surface area (Å²) in [7, 11) is 1.42. The van der Waals surface area contributed by atoms with Gasteiger partial charge in [0.2, 0.25) is 5.91 Å². The van der Waals surface area contributed by atoms with Gasteiger partial charge in [-0.05, 0) is 23.8 Å². The molecule has 0 bridgehead atoms. The minimum Gasteiger partial charge on any atom is -0.496 e. The Bertz CT molecular complexity index is 1100. The number of hydrazine groups is 1. The number of nitrogens with two attached hydrogens (primary N) is 2. The Labute approximate surface area is 186 Å². The third-order valence-corrected chi connectivity index (χ3v) is 4.94. The second-order valence-electron chi connectivity index (χ2n) is 7.16. The summed E-state index contributed by atoms with van der Waals surface area (Å²) in [4.78, 5) is 24.2. The zero-order valence-electron chi connectivity index (χ0n) is 17.4. The third-order valence-electron chi connectivity index (χ3n) is 4.94. The van der Waals surface area contributed by atoms with Crippen LogP contribution in [0, 0.1) is 5.82 Å². The second-order valence-corrected chi connectivity index (χ2v) is 7.16. The smallest absolute Gasteiger partial charge is 0.407 e. The first-order valence-corrected chi connectivity index (χ1v) is 9.61. The predicted molar refractivity (Wildman–Crippen MR) is 110 cm³/mol. The SMILES string of the molecule is COc1ccccc1C(=O)NCc1ccc(C2NN(CC(F)(F)F)C(N)=C2C(N)=O)cc1F. The van der Waals surface area contributed by atoms with E-state index in [0.29, 0.717) is 10.8 Å². The highest BCUT2D eigenvalue weighted by Crippen LogP contribution is 2.32. The van der Waals surface area contributed by atoms with Gasteiger partial charge in [0.05, 0.1) is 24.3 Å². The molecule has 1 heterocycles.